The fourth-order valence-corrected chi connectivity index (χ4v) is 2.90. The Hall–Kier alpha value is -3.40. The molecule has 0 spiro atoms. The van der Waals surface area contributed by atoms with Crippen LogP contribution in [0.15, 0.2) is 78.9 Å². The Morgan fingerprint density at radius 3 is 1.85 bits per heavy atom. The van der Waals surface area contributed by atoms with E-state index in [0.717, 1.165) is 22.3 Å². The molecule has 0 saturated heterocycles. The Bertz CT molecular complexity index is 898. The number of rotatable bonds is 4. The number of carbonyl (C=O) groups excluding carboxylic acids is 2. The first-order valence-electron chi connectivity index (χ1n) is 8.83. The summed E-state index contributed by atoms with van der Waals surface area (Å²) < 4.78 is 0. The van der Waals surface area contributed by atoms with Crippen LogP contribution >= 0.6 is 0 Å². The van der Waals surface area contributed by atoms with Crippen LogP contribution in [-0.4, -0.2) is 11.8 Å². The number of benzene rings is 3. The van der Waals surface area contributed by atoms with E-state index in [-0.39, 0.29) is 0 Å². The number of carbonyl (C=O) groups is 2. The highest BCUT2D eigenvalue weighted by atomic mass is 16.2. The summed E-state index contributed by atoms with van der Waals surface area (Å²) in [6, 6.07) is 24.5. The summed E-state index contributed by atoms with van der Waals surface area (Å²) >= 11 is 0. The van der Waals surface area contributed by atoms with E-state index in [0.29, 0.717) is 5.69 Å². The van der Waals surface area contributed by atoms with Crippen molar-refractivity contribution in [1.82, 2.24) is 5.32 Å². The second-order valence-electron chi connectivity index (χ2n) is 6.50. The quantitative estimate of drug-likeness (QED) is 0.689. The molecule has 27 heavy (non-hydrogen) atoms. The van der Waals surface area contributed by atoms with Gasteiger partial charge in [0, 0.05) is 5.69 Å². The fraction of sp³-hybridized carbons (Fsp3) is 0.130. The molecule has 0 radical (unpaired) electrons. The van der Waals surface area contributed by atoms with Crippen LogP contribution in [0.4, 0.5) is 5.69 Å². The van der Waals surface area contributed by atoms with E-state index in [9.17, 15) is 9.59 Å². The molecule has 3 aromatic carbocycles. The van der Waals surface area contributed by atoms with E-state index < -0.39 is 17.9 Å². The third-order valence-electron chi connectivity index (χ3n) is 4.39. The summed E-state index contributed by atoms with van der Waals surface area (Å²) in [4.78, 5) is 25.0. The summed E-state index contributed by atoms with van der Waals surface area (Å²) in [5, 5.41) is 5.56. The number of anilines is 1. The molecule has 2 amide bonds. The van der Waals surface area contributed by atoms with Crippen LogP contribution in [0.5, 0.6) is 0 Å². The van der Waals surface area contributed by atoms with Gasteiger partial charge in [-0.2, -0.15) is 0 Å². The largest absolute Gasteiger partial charge is 0.337 e. The highest BCUT2D eigenvalue weighted by Gasteiger charge is 2.21. The molecule has 0 heterocycles. The van der Waals surface area contributed by atoms with Crippen LogP contribution in [0.2, 0.25) is 0 Å². The topological polar surface area (TPSA) is 58.2 Å². The van der Waals surface area contributed by atoms with E-state index in [2.05, 4.69) is 10.6 Å². The lowest BCUT2D eigenvalue weighted by Crippen LogP contribution is -2.38. The molecule has 0 aromatic heterocycles. The van der Waals surface area contributed by atoms with Crippen LogP contribution < -0.4 is 10.6 Å². The first kappa shape index (κ1) is 18.4. The van der Waals surface area contributed by atoms with Crippen molar-refractivity contribution in [2.24, 2.45) is 0 Å². The zero-order valence-corrected chi connectivity index (χ0v) is 15.4. The summed E-state index contributed by atoms with van der Waals surface area (Å²) in [6.07, 6.45) is 0. The number of aryl methyl sites for hydroxylation is 2. The molecular weight excluding hydrogens is 336 g/mol. The van der Waals surface area contributed by atoms with Crippen molar-refractivity contribution in [1.29, 1.82) is 0 Å². The molecule has 3 aromatic rings. The highest BCUT2D eigenvalue weighted by molar-refractivity contribution is 6.39. The van der Waals surface area contributed by atoms with Crippen LogP contribution in [0, 0.1) is 13.8 Å². The van der Waals surface area contributed by atoms with Gasteiger partial charge in [0.15, 0.2) is 0 Å². The van der Waals surface area contributed by atoms with Crippen LogP contribution in [0.1, 0.15) is 28.3 Å². The maximum absolute atomic E-state index is 12.6. The minimum absolute atomic E-state index is 0.399. The molecule has 4 heteroatoms. The van der Waals surface area contributed by atoms with Gasteiger partial charge in [-0.05, 0) is 42.2 Å². The lowest BCUT2D eigenvalue weighted by atomic mass is 9.98. The lowest BCUT2D eigenvalue weighted by molar-refractivity contribution is -0.136. The summed E-state index contributed by atoms with van der Waals surface area (Å²) in [5.74, 6) is -1.35. The molecule has 4 nitrogen and oxygen atoms in total. The zero-order valence-electron chi connectivity index (χ0n) is 15.4. The molecule has 0 unspecified atom stereocenters. The van der Waals surface area contributed by atoms with Gasteiger partial charge in [0.2, 0.25) is 0 Å². The average Bonchev–Trinajstić information content (AvgIpc) is 2.70. The average molecular weight is 358 g/mol. The van der Waals surface area contributed by atoms with Crippen molar-refractivity contribution < 1.29 is 9.59 Å². The van der Waals surface area contributed by atoms with Crippen molar-refractivity contribution in [2.45, 2.75) is 19.9 Å². The lowest BCUT2D eigenvalue weighted by Gasteiger charge is -2.20. The minimum atomic E-state index is -0.680. The van der Waals surface area contributed by atoms with Crippen LogP contribution in [0.25, 0.3) is 0 Å². The van der Waals surface area contributed by atoms with E-state index >= 15 is 0 Å². The predicted molar refractivity (Wildman–Crippen MR) is 107 cm³/mol. The standard InChI is InChI=1S/C23H22N2O2/c1-16-13-14-17(2)20(15-16)24-22(26)23(27)25-21(18-9-5-3-6-10-18)19-11-7-4-8-12-19/h3-15,21H,1-2H3,(H,24,26)(H,25,27). The monoisotopic (exact) mass is 358 g/mol. The first-order valence-corrected chi connectivity index (χ1v) is 8.83. The number of nitrogens with one attached hydrogen (secondary N) is 2. The third-order valence-corrected chi connectivity index (χ3v) is 4.39. The van der Waals surface area contributed by atoms with E-state index in [1.807, 2.05) is 92.7 Å². The molecule has 2 N–H and O–H groups in total. The second kappa shape index (κ2) is 8.32. The van der Waals surface area contributed by atoms with Gasteiger partial charge in [-0.1, -0.05) is 72.8 Å². The molecule has 0 aliphatic rings. The number of hydrogen-bond donors (Lipinski definition) is 2. The van der Waals surface area contributed by atoms with Gasteiger partial charge < -0.3 is 10.6 Å². The Kier molecular flexibility index (Phi) is 5.67. The molecule has 0 aliphatic heterocycles. The number of hydrogen-bond acceptors (Lipinski definition) is 2. The SMILES string of the molecule is Cc1ccc(C)c(NC(=O)C(=O)NC(c2ccccc2)c2ccccc2)c1. The van der Waals surface area contributed by atoms with Crippen molar-refractivity contribution in [3.63, 3.8) is 0 Å². The second-order valence-corrected chi connectivity index (χ2v) is 6.50. The molecule has 0 atom stereocenters. The molecule has 0 aliphatic carbocycles. The molecule has 0 saturated carbocycles. The number of amides is 2. The maximum atomic E-state index is 12.6. The Morgan fingerprint density at radius 2 is 1.30 bits per heavy atom. The normalized spacial score (nSPS) is 10.5. The molecule has 0 bridgehead atoms. The van der Waals surface area contributed by atoms with Crippen molar-refractivity contribution in [3.8, 4) is 0 Å². The summed E-state index contributed by atoms with van der Waals surface area (Å²) in [6.45, 7) is 3.83. The summed E-state index contributed by atoms with van der Waals surface area (Å²) in [5.41, 5.74) is 4.39. The van der Waals surface area contributed by atoms with Crippen molar-refractivity contribution in [2.75, 3.05) is 5.32 Å². The summed E-state index contributed by atoms with van der Waals surface area (Å²) in [7, 11) is 0. The van der Waals surface area contributed by atoms with E-state index in [1.54, 1.807) is 0 Å². The minimum Gasteiger partial charge on any atom is -0.337 e. The maximum Gasteiger partial charge on any atom is 0.313 e. The van der Waals surface area contributed by atoms with Crippen molar-refractivity contribution >= 4 is 17.5 Å². The van der Waals surface area contributed by atoms with Gasteiger partial charge in [0.1, 0.15) is 0 Å². The van der Waals surface area contributed by atoms with Gasteiger partial charge in [0.05, 0.1) is 6.04 Å². The molecule has 0 fully saturated rings. The van der Waals surface area contributed by atoms with Gasteiger partial charge >= 0.3 is 11.8 Å². The third kappa shape index (κ3) is 4.61. The van der Waals surface area contributed by atoms with Gasteiger partial charge in [-0.15, -0.1) is 0 Å². The Labute approximate surface area is 159 Å². The highest BCUT2D eigenvalue weighted by Crippen LogP contribution is 2.22. The molecule has 136 valence electrons. The van der Waals surface area contributed by atoms with E-state index in [4.69, 9.17) is 0 Å². The van der Waals surface area contributed by atoms with Crippen LogP contribution in [-0.2, 0) is 9.59 Å². The molecular formula is C23H22N2O2. The first-order chi connectivity index (χ1) is 13.0. The Balaban J connectivity index is 1.80. The van der Waals surface area contributed by atoms with Gasteiger partial charge in [0.25, 0.3) is 0 Å². The van der Waals surface area contributed by atoms with Gasteiger partial charge in [-0.25, -0.2) is 0 Å². The van der Waals surface area contributed by atoms with Crippen molar-refractivity contribution in [3.05, 3.63) is 101 Å². The smallest absolute Gasteiger partial charge is 0.313 e. The van der Waals surface area contributed by atoms with Gasteiger partial charge in [-0.3, -0.25) is 9.59 Å². The zero-order chi connectivity index (χ0) is 19.2. The Morgan fingerprint density at radius 1 is 0.741 bits per heavy atom. The van der Waals surface area contributed by atoms with Crippen LogP contribution in [0.3, 0.4) is 0 Å². The van der Waals surface area contributed by atoms with E-state index in [1.165, 1.54) is 0 Å². The molecule has 3 rings (SSSR count). The fourth-order valence-electron chi connectivity index (χ4n) is 2.90. The predicted octanol–water partition coefficient (Wildman–Crippen LogP) is 4.15.